The molecule has 2 N–H and O–H groups in total. The molecule has 0 unspecified atom stereocenters. The molecule has 7 nitrogen and oxygen atoms in total. The van der Waals surface area contributed by atoms with Gasteiger partial charge in [-0.05, 0) is 31.9 Å². The number of anilines is 1. The first-order valence-electron chi connectivity index (χ1n) is 8.13. The van der Waals surface area contributed by atoms with Crippen molar-refractivity contribution in [1.29, 1.82) is 0 Å². The van der Waals surface area contributed by atoms with E-state index < -0.39 is 12.2 Å². The van der Waals surface area contributed by atoms with E-state index in [9.17, 15) is 9.59 Å². The van der Waals surface area contributed by atoms with Crippen molar-refractivity contribution in [2.24, 2.45) is 0 Å². The lowest BCUT2D eigenvalue weighted by atomic mass is 10.1. The minimum absolute atomic E-state index is 0.134. The predicted molar refractivity (Wildman–Crippen MR) is 92.3 cm³/mol. The second-order valence-electron chi connectivity index (χ2n) is 5.95. The first-order chi connectivity index (χ1) is 12.1. The van der Waals surface area contributed by atoms with E-state index in [1.807, 2.05) is 12.1 Å². The SMILES string of the molecule is C[C@H]1Oc2ccccc2O[C@H]1C(=O)Nc1nc2c(s1)C(=O)NCCC2. The highest BCUT2D eigenvalue weighted by Crippen LogP contribution is 2.34. The molecule has 2 aliphatic rings. The average Bonchev–Trinajstić information content (AvgIpc) is 2.92. The number of thiazole rings is 1. The summed E-state index contributed by atoms with van der Waals surface area (Å²) in [6.07, 6.45) is 0.333. The zero-order valence-electron chi connectivity index (χ0n) is 13.6. The summed E-state index contributed by atoms with van der Waals surface area (Å²) in [5.74, 6) is 0.683. The van der Waals surface area contributed by atoms with E-state index in [2.05, 4.69) is 15.6 Å². The number of benzene rings is 1. The van der Waals surface area contributed by atoms with Crippen molar-refractivity contribution in [1.82, 2.24) is 10.3 Å². The number of rotatable bonds is 2. The van der Waals surface area contributed by atoms with Gasteiger partial charge in [0.2, 0.25) is 6.10 Å². The van der Waals surface area contributed by atoms with Crippen LogP contribution in [0.5, 0.6) is 11.5 Å². The molecule has 4 rings (SSSR count). The number of ether oxygens (including phenoxy) is 2. The Hall–Kier alpha value is -2.61. The average molecular weight is 359 g/mol. The Balaban J connectivity index is 1.51. The second-order valence-corrected chi connectivity index (χ2v) is 6.95. The van der Waals surface area contributed by atoms with E-state index >= 15 is 0 Å². The summed E-state index contributed by atoms with van der Waals surface area (Å²) in [6.45, 7) is 2.43. The molecule has 25 heavy (non-hydrogen) atoms. The molecule has 2 amide bonds. The fraction of sp³-hybridized carbons (Fsp3) is 0.353. The van der Waals surface area contributed by atoms with E-state index in [-0.39, 0.29) is 11.8 Å². The van der Waals surface area contributed by atoms with Crippen molar-refractivity contribution in [2.75, 3.05) is 11.9 Å². The number of hydrogen-bond donors (Lipinski definition) is 2. The Morgan fingerprint density at radius 1 is 1.32 bits per heavy atom. The van der Waals surface area contributed by atoms with Gasteiger partial charge in [0, 0.05) is 6.54 Å². The number of aromatic nitrogens is 1. The Morgan fingerprint density at radius 2 is 2.08 bits per heavy atom. The molecule has 2 aromatic rings. The van der Waals surface area contributed by atoms with Crippen molar-refractivity contribution in [2.45, 2.75) is 32.0 Å². The first kappa shape index (κ1) is 15.9. The van der Waals surface area contributed by atoms with Gasteiger partial charge in [-0.15, -0.1) is 0 Å². The van der Waals surface area contributed by atoms with Gasteiger partial charge in [-0.1, -0.05) is 23.5 Å². The molecule has 0 spiro atoms. The number of hydrogen-bond acceptors (Lipinski definition) is 6. The van der Waals surface area contributed by atoms with E-state index in [1.165, 1.54) is 11.3 Å². The normalized spacial score (nSPS) is 21.7. The van der Waals surface area contributed by atoms with Gasteiger partial charge in [0.15, 0.2) is 16.6 Å². The van der Waals surface area contributed by atoms with Gasteiger partial charge in [-0.2, -0.15) is 0 Å². The van der Waals surface area contributed by atoms with Crippen LogP contribution >= 0.6 is 11.3 Å². The van der Waals surface area contributed by atoms with Crippen molar-refractivity contribution in [3.05, 3.63) is 34.8 Å². The summed E-state index contributed by atoms with van der Waals surface area (Å²) < 4.78 is 11.5. The van der Waals surface area contributed by atoms with Crippen LogP contribution in [0.1, 0.15) is 28.7 Å². The summed E-state index contributed by atoms with van der Waals surface area (Å²) in [5.41, 5.74) is 0.731. The molecule has 0 aliphatic carbocycles. The molecule has 0 saturated heterocycles. The maximum absolute atomic E-state index is 12.6. The molecule has 8 heteroatoms. The van der Waals surface area contributed by atoms with Crippen molar-refractivity contribution in [3.63, 3.8) is 0 Å². The molecular formula is C17H17N3O4S. The monoisotopic (exact) mass is 359 g/mol. The molecule has 1 aromatic heterocycles. The maximum Gasteiger partial charge on any atom is 0.271 e. The molecule has 2 aliphatic heterocycles. The minimum atomic E-state index is -0.785. The van der Waals surface area contributed by atoms with E-state index in [0.29, 0.717) is 34.5 Å². The minimum Gasteiger partial charge on any atom is -0.482 e. The van der Waals surface area contributed by atoms with Gasteiger partial charge < -0.3 is 14.8 Å². The van der Waals surface area contributed by atoms with Gasteiger partial charge in [0.05, 0.1) is 5.69 Å². The highest BCUT2D eigenvalue weighted by atomic mass is 32.1. The van der Waals surface area contributed by atoms with Crippen LogP contribution in [0.15, 0.2) is 24.3 Å². The second kappa shape index (κ2) is 6.36. The van der Waals surface area contributed by atoms with Crippen molar-refractivity contribution < 1.29 is 19.1 Å². The van der Waals surface area contributed by atoms with Gasteiger partial charge in [0.1, 0.15) is 11.0 Å². The molecule has 0 fully saturated rings. The van der Waals surface area contributed by atoms with Crippen LogP contribution in [-0.2, 0) is 11.2 Å². The number of carbonyl (C=O) groups excluding carboxylic acids is 2. The number of carbonyl (C=O) groups is 2. The van der Waals surface area contributed by atoms with Gasteiger partial charge >= 0.3 is 0 Å². The van der Waals surface area contributed by atoms with E-state index in [1.54, 1.807) is 19.1 Å². The molecule has 0 bridgehead atoms. The summed E-state index contributed by atoms with van der Waals surface area (Å²) in [4.78, 5) is 29.6. The largest absolute Gasteiger partial charge is 0.482 e. The predicted octanol–water partition coefficient (Wildman–Crippen LogP) is 1.99. The van der Waals surface area contributed by atoms with Gasteiger partial charge in [-0.25, -0.2) is 4.98 Å². The third-order valence-electron chi connectivity index (χ3n) is 4.11. The Kier molecular flexibility index (Phi) is 4.04. The summed E-state index contributed by atoms with van der Waals surface area (Å²) in [7, 11) is 0. The maximum atomic E-state index is 12.6. The summed E-state index contributed by atoms with van der Waals surface area (Å²) in [6, 6.07) is 7.24. The van der Waals surface area contributed by atoms with Crippen LogP contribution in [0, 0.1) is 0 Å². The third kappa shape index (κ3) is 3.05. The molecule has 0 radical (unpaired) electrons. The number of aryl methyl sites for hydroxylation is 1. The molecular weight excluding hydrogens is 342 g/mol. The Labute approximate surface area is 148 Å². The number of nitrogens with zero attached hydrogens (tertiary/aromatic N) is 1. The fourth-order valence-electron chi connectivity index (χ4n) is 2.87. The summed E-state index contributed by atoms with van der Waals surface area (Å²) in [5, 5.41) is 5.98. The summed E-state index contributed by atoms with van der Waals surface area (Å²) >= 11 is 1.18. The van der Waals surface area contributed by atoms with Gasteiger partial charge in [-0.3, -0.25) is 14.9 Å². The topological polar surface area (TPSA) is 89.6 Å². The quantitative estimate of drug-likeness (QED) is 0.856. The third-order valence-corrected chi connectivity index (χ3v) is 5.12. The van der Waals surface area contributed by atoms with Crippen molar-refractivity contribution >= 4 is 28.3 Å². The lowest BCUT2D eigenvalue weighted by Gasteiger charge is -2.30. The Morgan fingerprint density at radius 3 is 2.88 bits per heavy atom. The zero-order valence-corrected chi connectivity index (χ0v) is 14.4. The lowest BCUT2D eigenvalue weighted by Crippen LogP contribution is -2.46. The number of amides is 2. The molecule has 3 heterocycles. The van der Waals surface area contributed by atoms with Crippen LogP contribution in [0.3, 0.4) is 0 Å². The van der Waals surface area contributed by atoms with Crippen molar-refractivity contribution in [3.8, 4) is 11.5 Å². The standard InChI is InChI=1S/C17H17N3O4S/c1-9-13(24-12-7-3-2-6-11(12)23-9)15(21)20-17-19-10-5-4-8-18-16(22)14(10)25-17/h2-3,6-7,9,13H,4-5,8H2,1H3,(H,18,22)(H,19,20,21)/t9-,13-/m1/s1. The highest BCUT2D eigenvalue weighted by molar-refractivity contribution is 7.17. The van der Waals surface area contributed by atoms with Crippen LogP contribution in [0.4, 0.5) is 5.13 Å². The first-order valence-corrected chi connectivity index (χ1v) is 8.94. The molecule has 0 saturated carbocycles. The molecule has 2 atom stereocenters. The highest BCUT2D eigenvalue weighted by Gasteiger charge is 2.34. The van der Waals surface area contributed by atoms with Crippen LogP contribution < -0.4 is 20.1 Å². The van der Waals surface area contributed by atoms with Crippen LogP contribution in [-0.4, -0.2) is 35.6 Å². The molecule has 1 aromatic carbocycles. The number of nitrogens with one attached hydrogen (secondary N) is 2. The Bertz CT molecular complexity index is 835. The van der Waals surface area contributed by atoms with Crippen LogP contribution in [0.2, 0.25) is 0 Å². The molecule has 130 valence electrons. The van der Waals surface area contributed by atoms with Gasteiger partial charge in [0.25, 0.3) is 11.8 Å². The van der Waals surface area contributed by atoms with E-state index in [0.717, 1.165) is 12.1 Å². The fourth-order valence-corrected chi connectivity index (χ4v) is 3.80. The van der Waals surface area contributed by atoms with E-state index in [4.69, 9.17) is 9.47 Å². The lowest BCUT2D eigenvalue weighted by molar-refractivity contribution is -0.128. The number of para-hydroxylation sites is 2. The number of fused-ring (bicyclic) bond motifs is 2. The zero-order chi connectivity index (χ0) is 17.4. The smallest absolute Gasteiger partial charge is 0.271 e. The van der Waals surface area contributed by atoms with Crippen LogP contribution in [0.25, 0.3) is 0 Å².